The molecule has 0 spiro atoms. The van der Waals surface area contributed by atoms with Crippen molar-refractivity contribution in [2.75, 3.05) is 6.54 Å². The van der Waals surface area contributed by atoms with E-state index >= 15 is 0 Å². The second kappa shape index (κ2) is 6.35. The van der Waals surface area contributed by atoms with Crippen LogP contribution in [-0.4, -0.2) is 11.1 Å². The van der Waals surface area contributed by atoms with E-state index in [0.29, 0.717) is 12.1 Å². The molecule has 1 N–H and O–H groups in total. The summed E-state index contributed by atoms with van der Waals surface area (Å²) in [6, 6.07) is 9.53. The molecule has 0 saturated heterocycles. The summed E-state index contributed by atoms with van der Waals surface area (Å²) >= 11 is 3.28. The molecule has 0 radical (unpaired) electrons. The molecule has 4 heteroatoms. The Morgan fingerprint density at radius 2 is 2.16 bits per heavy atom. The fourth-order valence-corrected chi connectivity index (χ4v) is 2.54. The first-order valence-corrected chi connectivity index (χ1v) is 7.23. The van der Waals surface area contributed by atoms with Gasteiger partial charge in [0, 0.05) is 28.0 Å². The molecule has 0 bridgehead atoms. The highest BCUT2D eigenvalue weighted by Crippen LogP contribution is 2.19. The summed E-state index contributed by atoms with van der Waals surface area (Å²) in [7, 11) is 0. The molecule has 2 nitrogen and oxygen atoms in total. The second-order valence-corrected chi connectivity index (χ2v) is 5.49. The fourth-order valence-electron chi connectivity index (χ4n) is 2.21. The molecule has 0 aliphatic rings. The van der Waals surface area contributed by atoms with E-state index in [2.05, 4.69) is 45.7 Å². The standard InChI is InChI=1S/C15H18BrFN2/c1-3-18-11(2)15-5-4-8-19(15)10-12-6-7-13(16)9-14(12)17/h4-9,11,18H,3,10H2,1-2H3. The van der Waals surface area contributed by atoms with Gasteiger partial charge in [-0.3, -0.25) is 0 Å². The van der Waals surface area contributed by atoms with Crippen LogP contribution in [0.2, 0.25) is 0 Å². The van der Waals surface area contributed by atoms with Crippen LogP contribution in [0.15, 0.2) is 41.0 Å². The average Bonchev–Trinajstić information content (AvgIpc) is 2.81. The molecule has 1 heterocycles. The summed E-state index contributed by atoms with van der Waals surface area (Å²) in [5, 5.41) is 3.38. The molecule has 0 amide bonds. The van der Waals surface area contributed by atoms with Crippen molar-refractivity contribution < 1.29 is 4.39 Å². The van der Waals surface area contributed by atoms with E-state index < -0.39 is 0 Å². The maximum atomic E-state index is 13.9. The van der Waals surface area contributed by atoms with Gasteiger partial charge in [0.2, 0.25) is 0 Å². The largest absolute Gasteiger partial charge is 0.345 e. The van der Waals surface area contributed by atoms with Gasteiger partial charge >= 0.3 is 0 Å². The highest BCUT2D eigenvalue weighted by atomic mass is 79.9. The van der Waals surface area contributed by atoms with Crippen LogP contribution in [0.3, 0.4) is 0 Å². The van der Waals surface area contributed by atoms with Gasteiger partial charge in [0.15, 0.2) is 0 Å². The number of nitrogens with one attached hydrogen (secondary N) is 1. The molecule has 2 rings (SSSR count). The summed E-state index contributed by atoms with van der Waals surface area (Å²) in [5.74, 6) is -0.176. The van der Waals surface area contributed by atoms with Gasteiger partial charge in [-0.25, -0.2) is 4.39 Å². The molecule has 1 atom stereocenters. The van der Waals surface area contributed by atoms with Crippen molar-refractivity contribution in [1.29, 1.82) is 0 Å². The Bertz CT molecular complexity index is 551. The van der Waals surface area contributed by atoms with Gasteiger partial charge in [-0.15, -0.1) is 0 Å². The van der Waals surface area contributed by atoms with E-state index in [4.69, 9.17) is 0 Å². The molecule has 0 aliphatic carbocycles. The summed E-state index contributed by atoms with van der Waals surface area (Å²) in [4.78, 5) is 0. The predicted molar refractivity (Wildman–Crippen MR) is 79.7 cm³/mol. The van der Waals surface area contributed by atoms with Crippen molar-refractivity contribution in [3.8, 4) is 0 Å². The van der Waals surface area contributed by atoms with Crippen LogP contribution in [0.4, 0.5) is 4.39 Å². The summed E-state index contributed by atoms with van der Waals surface area (Å²) in [5.41, 5.74) is 1.87. The van der Waals surface area contributed by atoms with E-state index in [1.165, 1.54) is 11.8 Å². The van der Waals surface area contributed by atoms with Gasteiger partial charge in [-0.05, 0) is 37.7 Å². The van der Waals surface area contributed by atoms with E-state index in [0.717, 1.165) is 11.0 Å². The molecular formula is C15H18BrFN2. The highest BCUT2D eigenvalue weighted by molar-refractivity contribution is 9.10. The Balaban J connectivity index is 2.21. The first-order chi connectivity index (χ1) is 9.11. The highest BCUT2D eigenvalue weighted by Gasteiger charge is 2.10. The lowest BCUT2D eigenvalue weighted by molar-refractivity contribution is 0.544. The maximum Gasteiger partial charge on any atom is 0.129 e. The van der Waals surface area contributed by atoms with Gasteiger partial charge in [-0.1, -0.05) is 28.9 Å². The molecule has 2 aromatic rings. The van der Waals surface area contributed by atoms with Crippen molar-refractivity contribution in [3.05, 3.63) is 58.1 Å². The smallest absolute Gasteiger partial charge is 0.129 e. The zero-order chi connectivity index (χ0) is 13.8. The SMILES string of the molecule is CCNC(C)c1cccn1Cc1ccc(Br)cc1F. The Labute approximate surface area is 121 Å². The Morgan fingerprint density at radius 1 is 1.37 bits per heavy atom. The molecule has 102 valence electrons. The lowest BCUT2D eigenvalue weighted by Crippen LogP contribution is -2.21. The molecule has 19 heavy (non-hydrogen) atoms. The summed E-state index contributed by atoms with van der Waals surface area (Å²) < 4.78 is 16.7. The molecule has 0 fully saturated rings. The van der Waals surface area contributed by atoms with Crippen LogP contribution < -0.4 is 5.32 Å². The second-order valence-electron chi connectivity index (χ2n) is 4.58. The zero-order valence-electron chi connectivity index (χ0n) is 11.2. The summed E-state index contributed by atoms with van der Waals surface area (Å²) in [6.07, 6.45) is 1.99. The van der Waals surface area contributed by atoms with Gasteiger partial charge in [-0.2, -0.15) is 0 Å². The van der Waals surface area contributed by atoms with E-state index in [1.807, 2.05) is 24.4 Å². The monoisotopic (exact) mass is 324 g/mol. The number of rotatable bonds is 5. The third-order valence-corrected chi connectivity index (χ3v) is 3.67. The maximum absolute atomic E-state index is 13.9. The van der Waals surface area contributed by atoms with Crippen molar-refractivity contribution in [1.82, 2.24) is 9.88 Å². The van der Waals surface area contributed by atoms with Crippen molar-refractivity contribution in [3.63, 3.8) is 0 Å². The van der Waals surface area contributed by atoms with E-state index in [9.17, 15) is 4.39 Å². The average molecular weight is 325 g/mol. The van der Waals surface area contributed by atoms with Crippen LogP contribution in [0.1, 0.15) is 31.1 Å². The Kier molecular flexibility index (Phi) is 4.77. The predicted octanol–water partition coefficient (Wildman–Crippen LogP) is 4.11. The topological polar surface area (TPSA) is 17.0 Å². The fraction of sp³-hybridized carbons (Fsp3) is 0.333. The molecular weight excluding hydrogens is 307 g/mol. The van der Waals surface area contributed by atoms with E-state index in [-0.39, 0.29) is 11.9 Å². The number of benzene rings is 1. The minimum absolute atomic E-state index is 0.176. The number of nitrogens with zero attached hydrogens (tertiary/aromatic N) is 1. The van der Waals surface area contributed by atoms with Gasteiger partial charge < -0.3 is 9.88 Å². The Hall–Kier alpha value is -1.13. The van der Waals surface area contributed by atoms with Crippen molar-refractivity contribution in [2.24, 2.45) is 0 Å². The normalized spacial score (nSPS) is 12.6. The quantitative estimate of drug-likeness (QED) is 0.875. The number of hydrogen-bond donors (Lipinski definition) is 1. The molecule has 1 unspecified atom stereocenters. The van der Waals surface area contributed by atoms with Gasteiger partial charge in [0.25, 0.3) is 0 Å². The Morgan fingerprint density at radius 3 is 2.84 bits per heavy atom. The molecule has 0 aliphatic heterocycles. The van der Waals surface area contributed by atoms with Crippen molar-refractivity contribution >= 4 is 15.9 Å². The minimum Gasteiger partial charge on any atom is -0.345 e. The molecule has 0 saturated carbocycles. The van der Waals surface area contributed by atoms with Gasteiger partial charge in [0.1, 0.15) is 5.82 Å². The zero-order valence-corrected chi connectivity index (χ0v) is 12.7. The number of halogens is 2. The van der Waals surface area contributed by atoms with Crippen LogP contribution >= 0.6 is 15.9 Å². The minimum atomic E-state index is -0.176. The van der Waals surface area contributed by atoms with Crippen LogP contribution in [0.5, 0.6) is 0 Å². The van der Waals surface area contributed by atoms with Gasteiger partial charge in [0.05, 0.1) is 6.54 Å². The number of hydrogen-bond acceptors (Lipinski definition) is 1. The van der Waals surface area contributed by atoms with Crippen molar-refractivity contribution in [2.45, 2.75) is 26.4 Å². The summed E-state index contributed by atoms with van der Waals surface area (Å²) in [6.45, 7) is 5.67. The molecule has 1 aromatic carbocycles. The van der Waals surface area contributed by atoms with E-state index in [1.54, 1.807) is 0 Å². The van der Waals surface area contributed by atoms with Crippen LogP contribution in [-0.2, 0) is 6.54 Å². The first kappa shape index (κ1) is 14.3. The number of aromatic nitrogens is 1. The van der Waals surface area contributed by atoms with Crippen LogP contribution in [0, 0.1) is 5.82 Å². The lowest BCUT2D eigenvalue weighted by Gasteiger charge is -2.16. The lowest BCUT2D eigenvalue weighted by atomic mass is 10.2. The molecule has 1 aromatic heterocycles. The third-order valence-electron chi connectivity index (χ3n) is 3.17. The van der Waals surface area contributed by atoms with Crippen LogP contribution in [0.25, 0.3) is 0 Å². The third kappa shape index (κ3) is 3.45. The first-order valence-electron chi connectivity index (χ1n) is 6.44.